The molecule has 27 heavy (non-hydrogen) atoms. The van der Waals surface area contributed by atoms with E-state index < -0.39 is 0 Å². The van der Waals surface area contributed by atoms with Crippen LogP contribution >= 0.6 is 15.9 Å². The van der Waals surface area contributed by atoms with Crippen LogP contribution in [0.4, 0.5) is 5.69 Å². The second kappa shape index (κ2) is 7.47. The summed E-state index contributed by atoms with van der Waals surface area (Å²) in [4.78, 5) is 19.6. The fourth-order valence-electron chi connectivity index (χ4n) is 3.81. The van der Waals surface area contributed by atoms with Gasteiger partial charge in [0.05, 0.1) is 16.7 Å². The Morgan fingerprint density at radius 2 is 1.89 bits per heavy atom. The third-order valence-electron chi connectivity index (χ3n) is 5.25. The van der Waals surface area contributed by atoms with Crippen molar-refractivity contribution >= 4 is 38.6 Å². The summed E-state index contributed by atoms with van der Waals surface area (Å²) in [7, 11) is 0. The number of aryl methyl sites for hydroxylation is 1. The molecule has 1 fully saturated rings. The smallest absolute Gasteiger partial charge is 0.227 e. The minimum atomic E-state index is 0.115. The van der Waals surface area contributed by atoms with Crippen LogP contribution in [-0.4, -0.2) is 22.0 Å². The van der Waals surface area contributed by atoms with Crippen LogP contribution in [0.2, 0.25) is 0 Å². The van der Waals surface area contributed by atoms with E-state index in [1.165, 1.54) is 5.52 Å². The maximum Gasteiger partial charge on any atom is 0.227 e. The lowest BCUT2D eigenvalue weighted by molar-refractivity contribution is -0.117. The summed E-state index contributed by atoms with van der Waals surface area (Å²) in [5.41, 5.74) is 3.12. The van der Waals surface area contributed by atoms with E-state index in [4.69, 9.17) is 4.98 Å². The van der Waals surface area contributed by atoms with Gasteiger partial charge in [0.25, 0.3) is 0 Å². The lowest BCUT2D eigenvalue weighted by atomic mass is 10.1. The van der Waals surface area contributed by atoms with Gasteiger partial charge in [-0.1, -0.05) is 38.1 Å². The summed E-state index contributed by atoms with van der Waals surface area (Å²) >= 11 is 3.58. The van der Waals surface area contributed by atoms with Gasteiger partial charge in [-0.05, 0) is 52.5 Å². The molecule has 4 rings (SSSR count). The van der Waals surface area contributed by atoms with Crippen molar-refractivity contribution in [3.05, 3.63) is 58.8 Å². The van der Waals surface area contributed by atoms with Gasteiger partial charge in [0, 0.05) is 29.9 Å². The molecular weight excluding hydrogens is 402 g/mol. The van der Waals surface area contributed by atoms with E-state index in [0.717, 1.165) is 34.5 Å². The predicted molar refractivity (Wildman–Crippen MR) is 113 cm³/mol. The number of carbonyl (C=O) groups is 1. The standard InChI is InChI=1S/C22H24BrN3O/c1-15(2)11-12-25-20-10-6-4-8-18(20)24-22(25)16-13-21(27)26(14-16)19-9-5-3-7-17(19)23/h3-10,15-16H,11-14H2,1-2H3/t16-/m0/s1. The number of fused-ring (bicyclic) bond motifs is 1. The zero-order valence-corrected chi connectivity index (χ0v) is 17.3. The van der Waals surface area contributed by atoms with Gasteiger partial charge >= 0.3 is 0 Å². The van der Waals surface area contributed by atoms with Gasteiger partial charge < -0.3 is 9.47 Å². The fraction of sp³-hybridized carbons (Fsp3) is 0.364. The SMILES string of the molecule is CC(C)CCn1c([C@H]2CC(=O)N(c3ccccc3Br)C2)nc2ccccc21. The van der Waals surface area contributed by atoms with E-state index >= 15 is 0 Å². The summed E-state index contributed by atoms with van der Waals surface area (Å²) in [6.07, 6.45) is 1.61. The van der Waals surface area contributed by atoms with Crippen LogP contribution in [0.25, 0.3) is 11.0 Å². The van der Waals surface area contributed by atoms with Gasteiger partial charge in [0.1, 0.15) is 5.82 Å². The number of imidazole rings is 1. The molecule has 2 heterocycles. The van der Waals surface area contributed by atoms with E-state index in [0.29, 0.717) is 18.9 Å². The highest BCUT2D eigenvalue weighted by molar-refractivity contribution is 9.10. The molecule has 1 amide bonds. The number of rotatable bonds is 5. The number of para-hydroxylation sites is 3. The van der Waals surface area contributed by atoms with Gasteiger partial charge in [-0.2, -0.15) is 0 Å². The van der Waals surface area contributed by atoms with Crippen LogP contribution < -0.4 is 4.90 Å². The number of hydrogen-bond donors (Lipinski definition) is 0. The first-order valence-electron chi connectivity index (χ1n) is 9.54. The predicted octanol–water partition coefficient (Wildman–Crippen LogP) is 5.37. The van der Waals surface area contributed by atoms with E-state index in [9.17, 15) is 4.79 Å². The highest BCUT2D eigenvalue weighted by Crippen LogP contribution is 2.36. The Labute approximate surface area is 168 Å². The summed E-state index contributed by atoms with van der Waals surface area (Å²) < 4.78 is 3.28. The summed E-state index contributed by atoms with van der Waals surface area (Å²) in [6.45, 7) is 6.10. The van der Waals surface area contributed by atoms with Gasteiger partial charge in [-0.15, -0.1) is 0 Å². The van der Waals surface area contributed by atoms with Crippen molar-refractivity contribution in [2.75, 3.05) is 11.4 Å². The lowest BCUT2D eigenvalue weighted by Crippen LogP contribution is -2.25. The van der Waals surface area contributed by atoms with Crippen molar-refractivity contribution < 1.29 is 4.79 Å². The van der Waals surface area contributed by atoms with Gasteiger partial charge in [0.2, 0.25) is 5.91 Å². The summed E-state index contributed by atoms with van der Waals surface area (Å²) in [6, 6.07) is 16.2. The Morgan fingerprint density at radius 3 is 2.67 bits per heavy atom. The quantitative estimate of drug-likeness (QED) is 0.551. The van der Waals surface area contributed by atoms with Crippen molar-refractivity contribution in [2.24, 2.45) is 5.92 Å². The first kappa shape index (κ1) is 18.2. The molecule has 1 aliphatic heterocycles. The molecule has 4 nitrogen and oxygen atoms in total. The number of halogens is 1. The topological polar surface area (TPSA) is 38.1 Å². The van der Waals surface area contributed by atoms with Gasteiger partial charge in [-0.25, -0.2) is 4.98 Å². The number of anilines is 1. The van der Waals surface area contributed by atoms with E-state index in [1.807, 2.05) is 35.2 Å². The monoisotopic (exact) mass is 425 g/mol. The number of benzene rings is 2. The average Bonchev–Trinajstić information content (AvgIpc) is 3.21. The Kier molecular flexibility index (Phi) is 5.04. The number of nitrogens with zero attached hydrogens (tertiary/aromatic N) is 3. The van der Waals surface area contributed by atoms with Crippen LogP contribution in [0, 0.1) is 5.92 Å². The zero-order valence-electron chi connectivity index (χ0n) is 15.7. The van der Waals surface area contributed by atoms with Crippen molar-refractivity contribution in [3.8, 4) is 0 Å². The lowest BCUT2D eigenvalue weighted by Gasteiger charge is -2.19. The van der Waals surface area contributed by atoms with Crippen LogP contribution in [-0.2, 0) is 11.3 Å². The third-order valence-corrected chi connectivity index (χ3v) is 5.92. The molecule has 1 atom stereocenters. The minimum absolute atomic E-state index is 0.115. The number of aromatic nitrogens is 2. The first-order valence-corrected chi connectivity index (χ1v) is 10.3. The Balaban J connectivity index is 1.69. The summed E-state index contributed by atoms with van der Waals surface area (Å²) in [5, 5.41) is 0. The van der Waals surface area contributed by atoms with Crippen molar-refractivity contribution in [1.82, 2.24) is 9.55 Å². The van der Waals surface area contributed by atoms with Crippen LogP contribution in [0.15, 0.2) is 53.0 Å². The molecule has 1 aliphatic rings. The van der Waals surface area contributed by atoms with Crippen molar-refractivity contribution in [3.63, 3.8) is 0 Å². The molecule has 5 heteroatoms. The number of hydrogen-bond acceptors (Lipinski definition) is 2. The Bertz CT molecular complexity index is 979. The Hall–Kier alpha value is -2.14. The number of carbonyl (C=O) groups excluding carboxylic acids is 1. The Morgan fingerprint density at radius 1 is 1.15 bits per heavy atom. The van der Waals surface area contributed by atoms with E-state index in [1.54, 1.807) is 0 Å². The summed E-state index contributed by atoms with van der Waals surface area (Å²) in [5.74, 6) is 1.94. The van der Waals surface area contributed by atoms with Crippen molar-refractivity contribution in [2.45, 2.75) is 39.2 Å². The molecule has 0 aliphatic carbocycles. The molecule has 0 radical (unpaired) electrons. The molecular formula is C22H24BrN3O. The largest absolute Gasteiger partial charge is 0.328 e. The molecule has 0 N–H and O–H groups in total. The third kappa shape index (κ3) is 3.53. The molecule has 1 aromatic heterocycles. The number of amides is 1. The molecule has 0 saturated carbocycles. The van der Waals surface area contributed by atoms with Gasteiger partial charge in [-0.3, -0.25) is 4.79 Å². The minimum Gasteiger partial charge on any atom is -0.328 e. The highest BCUT2D eigenvalue weighted by atomic mass is 79.9. The average molecular weight is 426 g/mol. The second-order valence-electron chi connectivity index (χ2n) is 7.65. The molecule has 0 unspecified atom stereocenters. The fourth-order valence-corrected chi connectivity index (χ4v) is 4.31. The maximum absolute atomic E-state index is 12.8. The van der Waals surface area contributed by atoms with E-state index in [-0.39, 0.29) is 11.8 Å². The van der Waals surface area contributed by atoms with Crippen LogP contribution in [0.3, 0.4) is 0 Å². The van der Waals surface area contributed by atoms with Gasteiger partial charge in [0.15, 0.2) is 0 Å². The van der Waals surface area contributed by atoms with Crippen LogP contribution in [0.5, 0.6) is 0 Å². The first-order chi connectivity index (χ1) is 13.0. The van der Waals surface area contributed by atoms with E-state index in [2.05, 4.69) is 52.5 Å². The molecule has 1 saturated heterocycles. The van der Waals surface area contributed by atoms with Crippen LogP contribution in [0.1, 0.15) is 38.4 Å². The second-order valence-corrected chi connectivity index (χ2v) is 8.50. The molecule has 2 aromatic carbocycles. The zero-order chi connectivity index (χ0) is 19.0. The molecule has 3 aromatic rings. The molecule has 0 bridgehead atoms. The van der Waals surface area contributed by atoms with Crippen molar-refractivity contribution in [1.29, 1.82) is 0 Å². The maximum atomic E-state index is 12.8. The highest BCUT2D eigenvalue weighted by Gasteiger charge is 2.35. The molecule has 0 spiro atoms. The normalized spacial score (nSPS) is 17.4. The molecule has 140 valence electrons.